The van der Waals surface area contributed by atoms with Crippen molar-refractivity contribution in [3.8, 4) is 0 Å². The third-order valence-electron chi connectivity index (χ3n) is 1.55. The van der Waals surface area contributed by atoms with Gasteiger partial charge < -0.3 is 4.90 Å². The van der Waals surface area contributed by atoms with Gasteiger partial charge in [-0.15, -0.1) is 0 Å². The number of nitrogens with zero attached hydrogens (tertiary/aromatic N) is 1. The first kappa shape index (κ1) is 10.4. The lowest BCUT2D eigenvalue weighted by Crippen LogP contribution is -2.19. The molecule has 1 nitrogen and oxygen atoms in total. The lowest BCUT2D eigenvalue weighted by atomic mass is 10.3. The summed E-state index contributed by atoms with van der Waals surface area (Å²) < 4.78 is 0. The van der Waals surface area contributed by atoms with Gasteiger partial charge in [-0.2, -0.15) is 0 Å². The Hall–Kier alpha value is -0.560. The van der Waals surface area contributed by atoms with Gasteiger partial charge >= 0.3 is 0 Å². The second-order valence-electron chi connectivity index (χ2n) is 2.76. The van der Waals surface area contributed by atoms with Gasteiger partial charge in [-0.05, 0) is 26.4 Å². The van der Waals surface area contributed by atoms with E-state index in [2.05, 4.69) is 31.5 Å². The molecule has 0 rings (SSSR count). The zero-order valence-electron chi connectivity index (χ0n) is 7.71. The first-order valence-corrected chi connectivity index (χ1v) is 4.27. The topological polar surface area (TPSA) is 3.24 Å². The summed E-state index contributed by atoms with van der Waals surface area (Å²) in [5, 5.41) is 0. The molecule has 0 heterocycles. The van der Waals surface area contributed by atoms with Gasteiger partial charge in [0.15, 0.2) is 0 Å². The summed E-state index contributed by atoms with van der Waals surface area (Å²) in [6.07, 6.45) is 8.34. The Labute approximate surface area is 70.4 Å². The summed E-state index contributed by atoms with van der Waals surface area (Å²) in [6, 6.07) is 0. The number of rotatable bonds is 6. The molecule has 0 aromatic heterocycles. The van der Waals surface area contributed by atoms with Gasteiger partial charge in [-0.1, -0.05) is 31.7 Å². The van der Waals surface area contributed by atoms with Crippen molar-refractivity contribution < 1.29 is 0 Å². The summed E-state index contributed by atoms with van der Waals surface area (Å²) >= 11 is 0. The molecular weight excluding hydrogens is 134 g/mol. The Bertz CT molecular complexity index is 116. The molecule has 0 aliphatic rings. The van der Waals surface area contributed by atoms with Gasteiger partial charge in [0, 0.05) is 6.54 Å². The van der Waals surface area contributed by atoms with Crippen molar-refractivity contribution in [2.75, 3.05) is 20.1 Å². The zero-order chi connectivity index (χ0) is 8.53. The van der Waals surface area contributed by atoms with Crippen LogP contribution < -0.4 is 0 Å². The van der Waals surface area contributed by atoms with E-state index < -0.39 is 0 Å². The van der Waals surface area contributed by atoms with Crippen molar-refractivity contribution >= 4 is 0 Å². The van der Waals surface area contributed by atoms with Crippen LogP contribution in [0.1, 0.15) is 19.8 Å². The first-order valence-electron chi connectivity index (χ1n) is 4.27. The molecule has 0 unspecified atom stereocenters. The standard InChI is InChI=1S/C10H19N/c1-4-6-7-8-10-11(3)9-5-2/h4,6-7H,1,5,8-10H2,2-3H3/b7-6-. The molecule has 0 fully saturated rings. The normalized spacial score (nSPS) is 11.2. The molecule has 11 heavy (non-hydrogen) atoms. The van der Waals surface area contributed by atoms with E-state index in [1.54, 1.807) is 0 Å². The molecule has 0 aromatic rings. The van der Waals surface area contributed by atoms with Crippen LogP contribution in [-0.4, -0.2) is 25.0 Å². The van der Waals surface area contributed by atoms with E-state index in [0.29, 0.717) is 0 Å². The molecule has 0 atom stereocenters. The highest BCUT2D eigenvalue weighted by Gasteiger charge is 1.91. The van der Waals surface area contributed by atoms with Gasteiger partial charge in [-0.25, -0.2) is 0 Å². The largest absolute Gasteiger partial charge is 0.306 e. The fraction of sp³-hybridized carbons (Fsp3) is 0.600. The quantitative estimate of drug-likeness (QED) is 0.530. The predicted octanol–water partition coefficient (Wildman–Crippen LogP) is 2.46. The minimum atomic E-state index is 1.13. The van der Waals surface area contributed by atoms with Gasteiger partial charge in [0.2, 0.25) is 0 Å². The van der Waals surface area contributed by atoms with Crippen molar-refractivity contribution in [2.24, 2.45) is 0 Å². The van der Waals surface area contributed by atoms with Crippen LogP contribution in [0.15, 0.2) is 24.8 Å². The Balaban J connectivity index is 3.22. The second kappa shape index (κ2) is 7.55. The molecule has 64 valence electrons. The molecule has 0 aliphatic heterocycles. The molecule has 0 spiro atoms. The molecule has 1 heteroatoms. The van der Waals surface area contributed by atoms with Crippen molar-refractivity contribution in [3.63, 3.8) is 0 Å². The zero-order valence-corrected chi connectivity index (χ0v) is 7.71. The Morgan fingerprint density at radius 3 is 2.64 bits per heavy atom. The van der Waals surface area contributed by atoms with Gasteiger partial charge in [0.25, 0.3) is 0 Å². The Morgan fingerprint density at radius 2 is 2.09 bits per heavy atom. The number of hydrogen-bond acceptors (Lipinski definition) is 1. The summed E-state index contributed by atoms with van der Waals surface area (Å²) in [6.45, 7) is 8.17. The summed E-state index contributed by atoms with van der Waals surface area (Å²) in [5.41, 5.74) is 0. The minimum absolute atomic E-state index is 1.13. The highest BCUT2D eigenvalue weighted by Crippen LogP contribution is 1.90. The van der Waals surface area contributed by atoms with E-state index in [1.165, 1.54) is 13.0 Å². The highest BCUT2D eigenvalue weighted by molar-refractivity contribution is 4.97. The molecule has 0 bridgehead atoms. The number of allylic oxidation sites excluding steroid dienone is 2. The molecule has 0 amide bonds. The van der Waals surface area contributed by atoms with Crippen LogP contribution in [0.2, 0.25) is 0 Å². The third kappa shape index (κ3) is 7.34. The first-order chi connectivity index (χ1) is 5.31. The summed E-state index contributed by atoms with van der Waals surface area (Å²) in [4.78, 5) is 2.34. The molecule has 0 saturated heterocycles. The van der Waals surface area contributed by atoms with Crippen molar-refractivity contribution in [1.82, 2.24) is 4.90 Å². The monoisotopic (exact) mass is 153 g/mol. The maximum Gasteiger partial charge on any atom is 0.00130 e. The third-order valence-corrected chi connectivity index (χ3v) is 1.55. The fourth-order valence-corrected chi connectivity index (χ4v) is 0.981. The van der Waals surface area contributed by atoms with E-state index in [-0.39, 0.29) is 0 Å². The molecule has 0 saturated carbocycles. The van der Waals surface area contributed by atoms with Crippen LogP contribution in [0, 0.1) is 0 Å². The van der Waals surface area contributed by atoms with Gasteiger partial charge in [0.05, 0.1) is 0 Å². The molecule has 0 aliphatic carbocycles. The Morgan fingerprint density at radius 1 is 1.36 bits per heavy atom. The van der Waals surface area contributed by atoms with E-state index in [0.717, 1.165) is 13.0 Å². The summed E-state index contributed by atoms with van der Waals surface area (Å²) in [5.74, 6) is 0. The van der Waals surface area contributed by atoms with E-state index in [4.69, 9.17) is 0 Å². The van der Waals surface area contributed by atoms with Gasteiger partial charge in [0.1, 0.15) is 0 Å². The highest BCUT2D eigenvalue weighted by atomic mass is 15.1. The maximum atomic E-state index is 3.61. The Kier molecular flexibility index (Phi) is 7.16. The fourth-order valence-electron chi connectivity index (χ4n) is 0.981. The molecular formula is C10H19N. The van der Waals surface area contributed by atoms with E-state index in [9.17, 15) is 0 Å². The lowest BCUT2D eigenvalue weighted by Gasteiger charge is -2.13. The average Bonchev–Trinajstić information content (AvgIpc) is 1.99. The summed E-state index contributed by atoms with van der Waals surface area (Å²) in [7, 11) is 2.16. The van der Waals surface area contributed by atoms with E-state index >= 15 is 0 Å². The van der Waals surface area contributed by atoms with Crippen LogP contribution in [0.25, 0.3) is 0 Å². The number of hydrogen-bond donors (Lipinski definition) is 0. The van der Waals surface area contributed by atoms with Crippen LogP contribution >= 0.6 is 0 Å². The lowest BCUT2D eigenvalue weighted by molar-refractivity contribution is 0.341. The second-order valence-corrected chi connectivity index (χ2v) is 2.76. The maximum absolute atomic E-state index is 3.61. The van der Waals surface area contributed by atoms with Crippen LogP contribution in [0.5, 0.6) is 0 Å². The van der Waals surface area contributed by atoms with Crippen LogP contribution in [-0.2, 0) is 0 Å². The minimum Gasteiger partial charge on any atom is -0.306 e. The van der Waals surface area contributed by atoms with Crippen molar-refractivity contribution in [3.05, 3.63) is 24.8 Å². The average molecular weight is 153 g/mol. The van der Waals surface area contributed by atoms with Gasteiger partial charge in [-0.3, -0.25) is 0 Å². The molecule has 0 radical (unpaired) electrons. The smallest absolute Gasteiger partial charge is 0.00130 e. The molecule has 0 aromatic carbocycles. The van der Waals surface area contributed by atoms with Crippen molar-refractivity contribution in [2.45, 2.75) is 19.8 Å². The van der Waals surface area contributed by atoms with E-state index in [1.807, 2.05) is 12.2 Å². The van der Waals surface area contributed by atoms with Crippen LogP contribution in [0.4, 0.5) is 0 Å². The van der Waals surface area contributed by atoms with Crippen LogP contribution in [0.3, 0.4) is 0 Å². The predicted molar refractivity (Wildman–Crippen MR) is 51.7 cm³/mol. The molecule has 0 N–H and O–H groups in total. The SMILES string of the molecule is C=C/C=C\CCN(C)CCC. The van der Waals surface area contributed by atoms with Crippen molar-refractivity contribution in [1.29, 1.82) is 0 Å².